The van der Waals surface area contributed by atoms with Crippen molar-refractivity contribution in [2.45, 2.75) is 37.8 Å². The lowest BCUT2D eigenvalue weighted by Gasteiger charge is -2.41. The maximum atomic E-state index is 15.4. The lowest BCUT2D eigenvalue weighted by Crippen LogP contribution is -2.51. The highest BCUT2D eigenvalue weighted by Crippen LogP contribution is 2.38. The van der Waals surface area contributed by atoms with Crippen LogP contribution in [-0.4, -0.2) is 80.0 Å². The molecule has 39 heavy (non-hydrogen) atoms. The van der Waals surface area contributed by atoms with E-state index in [1.807, 2.05) is 35.0 Å². The maximum absolute atomic E-state index is 15.4. The Morgan fingerprint density at radius 3 is 2.38 bits per heavy atom. The summed E-state index contributed by atoms with van der Waals surface area (Å²) in [6.07, 6.45) is 5.52. The molecule has 4 aromatic rings. The molecule has 2 aromatic carbocycles. The van der Waals surface area contributed by atoms with E-state index in [4.69, 9.17) is 15.6 Å². The lowest BCUT2D eigenvalue weighted by atomic mass is 9.90. The number of hydrogen-bond acceptors (Lipinski definition) is 8. The van der Waals surface area contributed by atoms with Crippen LogP contribution in [0.1, 0.15) is 31.7 Å². The molecule has 0 radical (unpaired) electrons. The Morgan fingerprint density at radius 2 is 1.67 bits per heavy atom. The number of anilines is 1. The smallest absolute Gasteiger partial charge is 0.164 e. The summed E-state index contributed by atoms with van der Waals surface area (Å²) in [7, 11) is 0. The average molecular weight is 532 g/mol. The monoisotopic (exact) mass is 531 g/mol. The van der Waals surface area contributed by atoms with Crippen molar-refractivity contribution in [2.75, 3.05) is 45.1 Å². The van der Waals surface area contributed by atoms with Crippen molar-refractivity contribution in [2.24, 2.45) is 0 Å². The van der Waals surface area contributed by atoms with Gasteiger partial charge in [-0.3, -0.25) is 9.80 Å². The topological polar surface area (TPSA) is 106 Å². The minimum atomic E-state index is -0.442. The molecule has 6 rings (SSSR count). The zero-order valence-electron chi connectivity index (χ0n) is 21.9. The van der Waals surface area contributed by atoms with E-state index in [1.54, 1.807) is 12.1 Å². The predicted molar refractivity (Wildman–Crippen MR) is 148 cm³/mol. The maximum Gasteiger partial charge on any atom is 0.164 e. The number of nitrogen functional groups attached to an aromatic ring is 1. The molecule has 1 saturated carbocycles. The quantitative estimate of drug-likeness (QED) is 0.367. The number of para-hydroxylation sites is 1. The van der Waals surface area contributed by atoms with Crippen molar-refractivity contribution >= 4 is 16.9 Å². The second-order valence-electron chi connectivity index (χ2n) is 10.4. The van der Waals surface area contributed by atoms with Crippen molar-refractivity contribution < 1.29 is 14.2 Å². The molecule has 3 heterocycles. The highest BCUT2D eigenvalue weighted by molar-refractivity contribution is 5.98. The van der Waals surface area contributed by atoms with Crippen molar-refractivity contribution in [1.29, 1.82) is 0 Å². The van der Waals surface area contributed by atoms with E-state index < -0.39 is 5.82 Å². The Bertz CT molecular complexity index is 1410. The molecule has 10 heteroatoms. The molecule has 0 spiro atoms. The number of aromatic nitrogens is 4. The molecule has 0 amide bonds. The predicted octanol–water partition coefficient (Wildman–Crippen LogP) is 4.10. The first-order chi connectivity index (χ1) is 19.1. The van der Waals surface area contributed by atoms with Crippen LogP contribution >= 0.6 is 0 Å². The zero-order valence-corrected chi connectivity index (χ0v) is 21.9. The van der Waals surface area contributed by atoms with Gasteiger partial charge in [0.25, 0.3) is 0 Å². The summed E-state index contributed by atoms with van der Waals surface area (Å²) in [6.45, 7) is 5.06. The average Bonchev–Trinajstić information content (AvgIpc) is 3.35. The molecule has 1 saturated heterocycles. The molecule has 204 valence electrons. The van der Waals surface area contributed by atoms with Crippen LogP contribution in [0.15, 0.2) is 54.9 Å². The summed E-state index contributed by atoms with van der Waals surface area (Å²) in [4.78, 5) is 13.6. The highest BCUT2D eigenvalue weighted by atomic mass is 19.1. The normalized spacial score (nSPS) is 20.9. The summed E-state index contributed by atoms with van der Waals surface area (Å²) >= 11 is 0. The minimum absolute atomic E-state index is 0.159. The van der Waals surface area contributed by atoms with Gasteiger partial charge >= 0.3 is 0 Å². The number of halogens is 1. The molecule has 2 aromatic heterocycles. The molecule has 0 atom stereocenters. The minimum Gasteiger partial charge on any atom is -0.457 e. The third-order valence-corrected chi connectivity index (χ3v) is 8.04. The van der Waals surface area contributed by atoms with Gasteiger partial charge < -0.3 is 15.6 Å². The van der Waals surface area contributed by atoms with Crippen LogP contribution in [0, 0.1) is 5.82 Å². The molecule has 3 N–H and O–H groups in total. The summed E-state index contributed by atoms with van der Waals surface area (Å²) in [5, 5.41) is 14.7. The SMILES string of the molecule is Nc1ncnc2c1c(-c1ccc(Oc3ccccc3)cc1F)nn2C1CCC(N2CCN(CCO)CC2)CC1. The summed E-state index contributed by atoms with van der Waals surface area (Å²) in [5.41, 5.74) is 7.73. The Morgan fingerprint density at radius 1 is 0.923 bits per heavy atom. The van der Waals surface area contributed by atoms with Gasteiger partial charge in [-0.1, -0.05) is 18.2 Å². The standard InChI is InChI=1S/C29H34FN7O2/c30-25-18-23(39-22-4-2-1-3-5-22)10-11-24(25)27-26-28(31)32-19-33-29(26)37(34-27)21-8-6-20(7-9-21)36-14-12-35(13-15-36)16-17-38/h1-5,10-11,18-21,38H,6-9,12-17H2,(H2,31,32,33). The largest absolute Gasteiger partial charge is 0.457 e. The molecule has 0 bridgehead atoms. The number of nitrogens with two attached hydrogens (primary N) is 1. The van der Waals surface area contributed by atoms with Crippen LogP contribution in [0.4, 0.5) is 10.2 Å². The van der Waals surface area contributed by atoms with Gasteiger partial charge in [0.2, 0.25) is 0 Å². The number of rotatable bonds is 7. The van der Waals surface area contributed by atoms with E-state index >= 15 is 4.39 Å². The molecule has 2 aliphatic rings. The summed E-state index contributed by atoms with van der Waals surface area (Å²) < 4.78 is 23.2. The van der Waals surface area contributed by atoms with Crippen LogP contribution in [-0.2, 0) is 0 Å². The van der Waals surface area contributed by atoms with E-state index in [1.165, 1.54) is 12.4 Å². The number of hydrogen-bond donors (Lipinski definition) is 2. The van der Waals surface area contributed by atoms with Crippen LogP contribution in [0.5, 0.6) is 11.5 Å². The second-order valence-corrected chi connectivity index (χ2v) is 10.4. The number of nitrogens with zero attached hydrogens (tertiary/aromatic N) is 6. The van der Waals surface area contributed by atoms with Crippen molar-refractivity contribution in [1.82, 2.24) is 29.5 Å². The Kier molecular flexibility index (Phi) is 7.40. The molecule has 0 unspecified atom stereocenters. The number of aliphatic hydroxyl groups is 1. The van der Waals surface area contributed by atoms with Gasteiger partial charge in [0.15, 0.2) is 5.65 Å². The number of aliphatic hydroxyl groups excluding tert-OH is 1. The lowest BCUT2D eigenvalue weighted by molar-refractivity contribution is 0.0629. The molecule has 1 aliphatic heterocycles. The first-order valence-electron chi connectivity index (χ1n) is 13.7. The van der Waals surface area contributed by atoms with Crippen molar-refractivity contribution in [3.05, 3.63) is 60.7 Å². The summed E-state index contributed by atoms with van der Waals surface area (Å²) in [5.74, 6) is 0.896. The van der Waals surface area contributed by atoms with Gasteiger partial charge in [-0.25, -0.2) is 19.0 Å². The van der Waals surface area contributed by atoms with E-state index in [-0.39, 0.29) is 12.6 Å². The van der Waals surface area contributed by atoms with E-state index in [0.717, 1.165) is 58.4 Å². The number of benzene rings is 2. The fraction of sp³-hybridized carbons (Fsp3) is 0.414. The van der Waals surface area contributed by atoms with Gasteiger partial charge in [0, 0.05) is 50.4 Å². The van der Waals surface area contributed by atoms with Crippen LogP contribution < -0.4 is 10.5 Å². The van der Waals surface area contributed by atoms with E-state index in [9.17, 15) is 5.11 Å². The van der Waals surface area contributed by atoms with Crippen LogP contribution in [0.3, 0.4) is 0 Å². The van der Waals surface area contributed by atoms with Crippen molar-refractivity contribution in [3.8, 4) is 22.8 Å². The highest BCUT2D eigenvalue weighted by Gasteiger charge is 2.31. The van der Waals surface area contributed by atoms with Gasteiger partial charge in [-0.2, -0.15) is 5.10 Å². The van der Waals surface area contributed by atoms with Gasteiger partial charge in [-0.15, -0.1) is 0 Å². The molecular formula is C29H34FN7O2. The molecule has 9 nitrogen and oxygen atoms in total. The van der Waals surface area contributed by atoms with Crippen LogP contribution in [0.25, 0.3) is 22.3 Å². The zero-order chi connectivity index (χ0) is 26.8. The Hall–Kier alpha value is -3.60. The molecular weight excluding hydrogens is 497 g/mol. The third kappa shape index (κ3) is 5.32. The third-order valence-electron chi connectivity index (χ3n) is 8.04. The van der Waals surface area contributed by atoms with Gasteiger partial charge in [0.1, 0.15) is 35.2 Å². The fourth-order valence-corrected chi connectivity index (χ4v) is 5.98. The fourth-order valence-electron chi connectivity index (χ4n) is 5.98. The first-order valence-corrected chi connectivity index (χ1v) is 13.7. The number of ether oxygens (including phenoxy) is 1. The molecule has 2 fully saturated rings. The first kappa shape index (κ1) is 25.7. The number of fused-ring (bicyclic) bond motifs is 1. The van der Waals surface area contributed by atoms with E-state index in [2.05, 4.69) is 19.8 Å². The number of β-amino-alcohol motifs (C(OH)–C–C–N with tert-alkyl or cyclic N) is 1. The van der Waals surface area contributed by atoms with E-state index in [0.29, 0.717) is 45.6 Å². The van der Waals surface area contributed by atoms with Crippen molar-refractivity contribution in [3.63, 3.8) is 0 Å². The Labute approximate surface area is 227 Å². The number of piperazine rings is 1. The summed E-state index contributed by atoms with van der Waals surface area (Å²) in [6, 6.07) is 14.8. The van der Waals surface area contributed by atoms with Crippen LogP contribution in [0.2, 0.25) is 0 Å². The Balaban J connectivity index is 1.22. The van der Waals surface area contributed by atoms with Gasteiger partial charge in [-0.05, 0) is 49.9 Å². The second kappa shape index (κ2) is 11.3. The van der Waals surface area contributed by atoms with Gasteiger partial charge in [0.05, 0.1) is 18.0 Å². The molecule has 1 aliphatic carbocycles.